The van der Waals surface area contributed by atoms with E-state index in [2.05, 4.69) is 5.32 Å². The van der Waals surface area contributed by atoms with Gasteiger partial charge in [-0.2, -0.15) is 0 Å². The lowest BCUT2D eigenvalue weighted by Gasteiger charge is -2.26. The van der Waals surface area contributed by atoms with Gasteiger partial charge in [0.25, 0.3) is 0 Å². The molecule has 21 heavy (non-hydrogen) atoms. The van der Waals surface area contributed by atoms with E-state index in [4.69, 9.17) is 5.73 Å². The first-order valence-electron chi connectivity index (χ1n) is 7.34. The van der Waals surface area contributed by atoms with Gasteiger partial charge < -0.3 is 16.2 Å². The smallest absolute Gasteiger partial charge is 0.223 e. The number of hydrogen-bond donors (Lipinski definition) is 3. The van der Waals surface area contributed by atoms with Crippen LogP contribution in [0.1, 0.15) is 42.9 Å². The molecule has 1 aromatic carbocycles. The van der Waals surface area contributed by atoms with Crippen LogP contribution in [0.5, 0.6) is 0 Å². The van der Waals surface area contributed by atoms with E-state index in [-0.39, 0.29) is 36.8 Å². The Labute approximate surface area is 132 Å². The van der Waals surface area contributed by atoms with Crippen LogP contribution in [-0.2, 0) is 4.79 Å². The van der Waals surface area contributed by atoms with Crippen molar-refractivity contribution < 1.29 is 9.90 Å². The molecular weight excluding hydrogens is 288 g/mol. The summed E-state index contributed by atoms with van der Waals surface area (Å²) in [6.45, 7) is 2.26. The van der Waals surface area contributed by atoms with Crippen molar-refractivity contribution in [1.29, 1.82) is 0 Å². The average Bonchev–Trinajstić information content (AvgIpc) is 2.45. The fourth-order valence-electron chi connectivity index (χ4n) is 2.71. The molecule has 1 saturated carbocycles. The second kappa shape index (κ2) is 8.37. The van der Waals surface area contributed by atoms with Crippen LogP contribution in [0.15, 0.2) is 24.3 Å². The van der Waals surface area contributed by atoms with Crippen LogP contribution >= 0.6 is 12.4 Å². The summed E-state index contributed by atoms with van der Waals surface area (Å²) in [5.74, 6) is 0.0234. The molecule has 0 saturated heterocycles. The maximum atomic E-state index is 12.1. The van der Waals surface area contributed by atoms with Crippen LogP contribution < -0.4 is 11.1 Å². The summed E-state index contributed by atoms with van der Waals surface area (Å²) in [4.78, 5) is 12.1. The molecule has 3 atom stereocenters. The highest BCUT2D eigenvalue weighted by Gasteiger charge is 2.25. The maximum absolute atomic E-state index is 12.1. The Morgan fingerprint density at radius 1 is 1.38 bits per heavy atom. The molecule has 2 rings (SSSR count). The zero-order chi connectivity index (χ0) is 14.5. The van der Waals surface area contributed by atoms with Gasteiger partial charge in [-0.3, -0.25) is 4.79 Å². The van der Waals surface area contributed by atoms with Gasteiger partial charge >= 0.3 is 0 Å². The molecule has 1 aromatic rings. The summed E-state index contributed by atoms with van der Waals surface area (Å²) in [6.07, 6.45) is 3.03. The van der Waals surface area contributed by atoms with Crippen LogP contribution in [0.4, 0.5) is 0 Å². The van der Waals surface area contributed by atoms with Gasteiger partial charge in [-0.25, -0.2) is 0 Å². The lowest BCUT2D eigenvalue weighted by molar-refractivity contribution is -0.126. The third kappa shape index (κ3) is 5.30. The molecule has 1 aliphatic carbocycles. The molecule has 0 bridgehead atoms. The normalized spacial score (nSPS) is 23.0. The summed E-state index contributed by atoms with van der Waals surface area (Å²) in [5.41, 5.74) is 7.88. The number of carbonyl (C=O) groups is 1. The number of amides is 1. The number of carbonyl (C=O) groups excluding carboxylic acids is 1. The maximum Gasteiger partial charge on any atom is 0.223 e. The van der Waals surface area contributed by atoms with Crippen LogP contribution in [0.2, 0.25) is 0 Å². The van der Waals surface area contributed by atoms with Crippen LogP contribution in [0, 0.1) is 12.8 Å². The van der Waals surface area contributed by atoms with Crippen molar-refractivity contribution in [3.8, 4) is 0 Å². The zero-order valence-corrected chi connectivity index (χ0v) is 13.2. The van der Waals surface area contributed by atoms with Crippen LogP contribution in [0.3, 0.4) is 0 Å². The Balaban J connectivity index is 0.00000220. The average molecular weight is 313 g/mol. The molecule has 0 radical (unpaired) electrons. The fourth-order valence-corrected chi connectivity index (χ4v) is 2.71. The zero-order valence-electron chi connectivity index (χ0n) is 12.4. The summed E-state index contributed by atoms with van der Waals surface area (Å²) < 4.78 is 0. The van der Waals surface area contributed by atoms with E-state index >= 15 is 0 Å². The highest BCUT2D eigenvalue weighted by atomic mass is 35.5. The number of nitrogens with two attached hydrogens (primary N) is 1. The van der Waals surface area contributed by atoms with Crippen molar-refractivity contribution in [3.05, 3.63) is 35.4 Å². The Bertz CT molecular complexity index is 450. The van der Waals surface area contributed by atoms with Gasteiger partial charge in [0.15, 0.2) is 0 Å². The molecule has 3 unspecified atom stereocenters. The highest BCUT2D eigenvalue weighted by Crippen LogP contribution is 2.23. The molecule has 1 amide bonds. The fraction of sp³-hybridized carbons (Fsp3) is 0.562. The van der Waals surface area contributed by atoms with E-state index in [0.29, 0.717) is 0 Å². The Hall–Kier alpha value is -1.10. The van der Waals surface area contributed by atoms with Crippen molar-refractivity contribution in [2.24, 2.45) is 11.7 Å². The Morgan fingerprint density at radius 2 is 2.05 bits per heavy atom. The summed E-state index contributed by atoms with van der Waals surface area (Å²) >= 11 is 0. The van der Waals surface area contributed by atoms with E-state index in [0.717, 1.165) is 36.8 Å². The number of benzene rings is 1. The van der Waals surface area contributed by atoms with E-state index in [1.807, 2.05) is 31.2 Å². The SMILES string of the molecule is Cc1ccc(C(O)CNC(=O)C2CCCC(N)C2)cc1.Cl. The number of halogens is 1. The van der Waals surface area contributed by atoms with Gasteiger partial charge in [-0.05, 0) is 31.7 Å². The van der Waals surface area contributed by atoms with Gasteiger partial charge in [0.1, 0.15) is 0 Å². The third-order valence-electron chi connectivity index (χ3n) is 4.02. The molecule has 5 heteroatoms. The Kier molecular flexibility index (Phi) is 7.15. The molecule has 0 heterocycles. The minimum atomic E-state index is -0.656. The van der Waals surface area contributed by atoms with E-state index in [1.54, 1.807) is 0 Å². The van der Waals surface area contributed by atoms with Gasteiger partial charge in [-0.15, -0.1) is 12.4 Å². The number of aliphatic hydroxyl groups is 1. The predicted molar refractivity (Wildman–Crippen MR) is 86.3 cm³/mol. The number of hydrogen-bond acceptors (Lipinski definition) is 3. The van der Waals surface area contributed by atoms with E-state index < -0.39 is 6.10 Å². The number of nitrogens with one attached hydrogen (secondary N) is 1. The lowest BCUT2D eigenvalue weighted by atomic mass is 9.85. The van der Waals surface area contributed by atoms with Crippen LogP contribution in [0.25, 0.3) is 0 Å². The summed E-state index contributed by atoms with van der Waals surface area (Å²) in [5, 5.41) is 12.9. The molecule has 118 valence electrons. The molecule has 0 spiro atoms. The van der Waals surface area contributed by atoms with Crippen molar-refractivity contribution in [3.63, 3.8) is 0 Å². The largest absolute Gasteiger partial charge is 0.387 e. The van der Waals surface area contributed by atoms with Gasteiger partial charge in [0, 0.05) is 18.5 Å². The van der Waals surface area contributed by atoms with Crippen molar-refractivity contribution in [1.82, 2.24) is 5.32 Å². The molecule has 1 fully saturated rings. The molecular formula is C16H25ClN2O2. The number of aryl methyl sites for hydroxylation is 1. The van der Waals surface area contributed by atoms with E-state index in [1.165, 1.54) is 0 Å². The second-order valence-corrected chi connectivity index (χ2v) is 5.80. The van der Waals surface area contributed by atoms with Gasteiger partial charge in [0.2, 0.25) is 5.91 Å². The standard InChI is InChI=1S/C16H24N2O2.ClH/c1-11-5-7-12(8-6-11)15(19)10-18-16(20)13-3-2-4-14(17)9-13;/h5-8,13-15,19H,2-4,9-10,17H2,1H3,(H,18,20);1H. The van der Waals surface area contributed by atoms with Crippen molar-refractivity contribution in [2.75, 3.05) is 6.54 Å². The molecule has 0 aliphatic heterocycles. The monoisotopic (exact) mass is 312 g/mol. The minimum Gasteiger partial charge on any atom is -0.387 e. The quantitative estimate of drug-likeness (QED) is 0.797. The molecule has 0 aromatic heterocycles. The molecule has 4 N–H and O–H groups in total. The van der Waals surface area contributed by atoms with E-state index in [9.17, 15) is 9.90 Å². The number of rotatable bonds is 4. The minimum absolute atomic E-state index is 0. The van der Waals surface area contributed by atoms with Crippen molar-refractivity contribution >= 4 is 18.3 Å². The summed E-state index contributed by atoms with van der Waals surface area (Å²) in [7, 11) is 0. The lowest BCUT2D eigenvalue weighted by Crippen LogP contribution is -2.39. The Morgan fingerprint density at radius 3 is 2.67 bits per heavy atom. The first-order chi connectivity index (χ1) is 9.56. The first kappa shape index (κ1) is 18.0. The highest BCUT2D eigenvalue weighted by molar-refractivity contribution is 5.85. The summed E-state index contributed by atoms with van der Waals surface area (Å²) in [6, 6.07) is 7.84. The second-order valence-electron chi connectivity index (χ2n) is 5.80. The topological polar surface area (TPSA) is 75.3 Å². The molecule has 1 aliphatic rings. The van der Waals surface area contributed by atoms with Gasteiger partial charge in [-0.1, -0.05) is 36.2 Å². The van der Waals surface area contributed by atoms with Crippen LogP contribution in [-0.4, -0.2) is 23.6 Å². The van der Waals surface area contributed by atoms with Crippen molar-refractivity contribution in [2.45, 2.75) is 44.8 Å². The predicted octanol–water partition coefficient (Wildman–Crippen LogP) is 2.08. The molecule has 4 nitrogen and oxygen atoms in total. The van der Waals surface area contributed by atoms with Gasteiger partial charge in [0.05, 0.1) is 6.10 Å². The number of aliphatic hydroxyl groups excluding tert-OH is 1. The third-order valence-corrected chi connectivity index (χ3v) is 4.02. The first-order valence-corrected chi connectivity index (χ1v) is 7.34.